The lowest BCUT2D eigenvalue weighted by atomic mass is 9.90. The quantitative estimate of drug-likeness (QED) is 0.510. The van der Waals surface area contributed by atoms with Gasteiger partial charge < -0.3 is 9.72 Å². The molecule has 1 aromatic heterocycles. The number of piperidine rings is 1. The Balaban J connectivity index is 1.26. The molecule has 0 atom stereocenters. The van der Waals surface area contributed by atoms with E-state index in [4.69, 9.17) is 16.3 Å². The van der Waals surface area contributed by atoms with E-state index in [0.29, 0.717) is 24.1 Å². The van der Waals surface area contributed by atoms with E-state index >= 15 is 0 Å². The fourth-order valence-corrected chi connectivity index (χ4v) is 4.42. The average molecular weight is 437 g/mol. The number of aromatic amines is 1. The van der Waals surface area contributed by atoms with Crippen LogP contribution < -0.4 is 10.3 Å². The van der Waals surface area contributed by atoms with Crippen LogP contribution in [0, 0.1) is 5.92 Å². The first-order valence-corrected chi connectivity index (χ1v) is 11.4. The number of benzene rings is 2. The van der Waals surface area contributed by atoms with Gasteiger partial charge in [-0.05, 0) is 68.0 Å². The molecule has 0 bridgehead atoms. The molecule has 0 saturated carbocycles. The minimum atomic E-state index is -0.0429. The number of ether oxygens (including phenoxy) is 1. The van der Waals surface area contributed by atoms with E-state index < -0.39 is 0 Å². The van der Waals surface area contributed by atoms with Crippen molar-refractivity contribution in [2.24, 2.45) is 5.92 Å². The second kappa shape index (κ2) is 10.7. The average Bonchev–Trinajstić information content (AvgIpc) is 2.81. The molecule has 3 aromatic rings. The maximum Gasteiger partial charge on any atom is 0.252 e. The van der Waals surface area contributed by atoms with Crippen molar-refractivity contribution in [3.63, 3.8) is 0 Å². The van der Waals surface area contributed by atoms with Gasteiger partial charge in [0.25, 0.3) is 5.56 Å². The van der Waals surface area contributed by atoms with Crippen LogP contribution in [0.3, 0.4) is 0 Å². The summed E-state index contributed by atoms with van der Waals surface area (Å²) in [5.41, 5.74) is 3.17. The van der Waals surface area contributed by atoms with Crippen molar-refractivity contribution in [2.45, 2.75) is 38.8 Å². The summed E-state index contributed by atoms with van der Waals surface area (Å²) in [4.78, 5) is 17.1. The molecular formula is C26H29ClN2O2. The number of rotatable bonds is 8. The fourth-order valence-electron chi connectivity index (χ4n) is 4.24. The number of halogens is 1. The largest absolute Gasteiger partial charge is 0.489 e. The maximum absolute atomic E-state index is 12.0. The monoisotopic (exact) mass is 436 g/mol. The molecule has 0 aliphatic carbocycles. The van der Waals surface area contributed by atoms with Gasteiger partial charge >= 0.3 is 0 Å². The van der Waals surface area contributed by atoms with Gasteiger partial charge in [-0.3, -0.25) is 9.69 Å². The molecule has 1 saturated heterocycles. The summed E-state index contributed by atoms with van der Waals surface area (Å²) >= 11 is 6.03. The first-order valence-electron chi connectivity index (χ1n) is 11.0. The van der Waals surface area contributed by atoms with Gasteiger partial charge in [0.05, 0.1) is 5.02 Å². The molecule has 1 N–H and O–H groups in total. The summed E-state index contributed by atoms with van der Waals surface area (Å²) in [5, 5.41) is 0.581. The lowest BCUT2D eigenvalue weighted by Gasteiger charge is -2.32. The molecule has 2 aromatic carbocycles. The maximum atomic E-state index is 12.0. The molecular weight excluding hydrogens is 408 g/mol. The summed E-state index contributed by atoms with van der Waals surface area (Å²) in [6, 6.07) is 20.5. The summed E-state index contributed by atoms with van der Waals surface area (Å²) in [6.07, 6.45) is 6.05. The first kappa shape index (κ1) is 21.7. The fraction of sp³-hybridized carbons (Fsp3) is 0.346. The van der Waals surface area contributed by atoms with E-state index in [0.717, 1.165) is 50.1 Å². The Morgan fingerprint density at radius 1 is 1.00 bits per heavy atom. The van der Waals surface area contributed by atoms with E-state index in [2.05, 4.69) is 40.2 Å². The van der Waals surface area contributed by atoms with E-state index in [1.807, 2.05) is 24.3 Å². The number of pyridine rings is 1. The van der Waals surface area contributed by atoms with Crippen molar-refractivity contribution in [1.82, 2.24) is 9.88 Å². The Morgan fingerprint density at radius 2 is 1.74 bits per heavy atom. The molecule has 2 heterocycles. The minimum Gasteiger partial charge on any atom is -0.489 e. The van der Waals surface area contributed by atoms with Crippen LogP contribution in [-0.4, -0.2) is 23.0 Å². The Bertz CT molecular complexity index is 1030. The molecule has 1 aliphatic heterocycles. The van der Waals surface area contributed by atoms with Crippen molar-refractivity contribution in [2.75, 3.05) is 13.1 Å². The van der Waals surface area contributed by atoms with E-state index in [1.54, 1.807) is 12.3 Å². The van der Waals surface area contributed by atoms with Crippen LogP contribution in [0.1, 0.15) is 36.0 Å². The Hall–Kier alpha value is -2.56. The number of aryl methyl sites for hydroxylation is 1. The number of hydrogen-bond acceptors (Lipinski definition) is 3. The molecule has 31 heavy (non-hydrogen) atoms. The number of nitrogens with zero attached hydrogens (tertiary/aromatic N) is 1. The SMILES string of the molecule is O=c1[nH]cc(Cl)cc1CN1CCC(CCc2ccccc2OCc2ccccc2)CC1. The number of likely N-dealkylation sites (tertiary alicyclic amines) is 1. The van der Waals surface area contributed by atoms with Crippen LogP contribution in [-0.2, 0) is 19.6 Å². The van der Waals surface area contributed by atoms with Crippen molar-refractivity contribution in [3.8, 4) is 5.75 Å². The van der Waals surface area contributed by atoms with Gasteiger partial charge in [-0.1, -0.05) is 60.1 Å². The molecule has 4 nitrogen and oxygen atoms in total. The van der Waals surface area contributed by atoms with Crippen molar-refractivity contribution >= 4 is 11.6 Å². The molecule has 0 unspecified atom stereocenters. The number of hydrogen-bond donors (Lipinski definition) is 1. The van der Waals surface area contributed by atoms with Crippen molar-refractivity contribution in [1.29, 1.82) is 0 Å². The highest BCUT2D eigenvalue weighted by molar-refractivity contribution is 6.30. The van der Waals surface area contributed by atoms with Crippen molar-refractivity contribution < 1.29 is 4.74 Å². The molecule has 1 aliphatic rings. The smallest absolute Gasteiger partial charge is 0.252 e. The van der Waals surface area contributed by atoms with Gasteiger partial charge in [0.2, 0.25) is 0 Å². The summed E-state index contributed by atoms with van der Waals surface area (Å²) in [5.74, 6) is 1.69. The Kier molecular flexibility index (Phi) is 7.44. The summed E-state index contributed by atoms with van der Waals surface area (Å²) in [7, 11) is 0. The van der Waals surface area contributed by atoms with Gasteiger partial charge in [0.15, 0.2) is 0 Å². The number of H-pyrrole nitrogens is 1. The zero-order valence-corrected chi connectivity index (χ0v) is 18.5. The lowest BCUT2D eigenvalue weighted by molar-refractivity contribution is 0.171. The predicted molar refractivity (Wildman–Crippen MR) is 126 cm³/mol. The van der Waals surface area contributed by atoms with E-state index in [-0.39, 0.29) is 5.56 Å². The normalized spacial score (nSPS) is 15.1. The zero-order valence-electron chi connectivity index (χ0n) is 17.7. The number of para-hydroxylation sites is 1. The minimum absolute atomic E-state index is 0.0429. The Labute approximate surface area is 188 Å². The standard InChI is InChI=1S/C26H29ClN2O2/c27-24-16-23(26(30)28-17-24)18-29-14-12-20(13-15-29)10-11-22-8-4-5-9-25(22)31-19-21-6-2-1-3-7-21/h1-9,16-17,20H,10-15,18-19H2,(H,28,30). The number of aromatic nitrogens is 1. The molecule has 162 valence electrons. The zero-order chi connectivity index (χ0) is 21.5. The van der Waals surface area contributed by atoms with Crippen LogP contribution in [0.2, 0.25) is 5.02 Å². The topological polar surface area (TPSA) is 45.3 Å². The Morgan fingerprint density at radius 3 is 2.55 bits per heavy atom. The second-order valence-corrected chi connectivity index (χ2v) is 8.75. The van der Waals surface area contributed by atoms with Crippen LogP contribution >= 0.6 is 11.6 Å². The van der Waals surface area contributed by atoms with Gasteiger partial charge in [-0.25, -0.2) is 0 Å². The van der Waals surface area contributed by atoms with E-state index in [9.17, 15) is 4.79 Å². The molecule has 1 fully saturated rings. The molecule has 0 radical (unpaired) electrons. The lowest BCUT2D eigenvalue weighted by Crippen LogP contribution is -2.35. The summed E-state index contributed by atoms with van der Waals surface area (Å²) in [6.45, 7) is 3.29. The molecule has 0 spiro atoms. The predicted octanol–water partition coefficient (Wildman–Crippen LogP) is 5.45. The number of nitrogens with one attached hydrogen (secondary N) is 1. The van der Waals surface area contributed by atoms with Gasteiger partial charge in [0.1, 0.15) is 12.4 Å². The van der Waals surface area contributed by atoms with Crippen LogP contribution in [0.15, 0.2) is 71.7 Å². The third kappa shape index (κ3) is 6.22. The summed E-state index contributed by atoms with van der Waals surface area (Å²) < 4.78 is 6.12. The first-order chi connectivity index (χ1) is 15.2. The molecule has 5 heteroatoms. The third-order valence-electron chi connectivity index (χ3n) is 6.08. The molecule has 0 amide bonds. The van der Waals surface area contributed by atoms with Crippen LogP contribution in [0.4, 0.5) is 0 Å². The highest BCUT2D eigenvalue weighted by Crippen LogP contribution is 2.27. The van der Waals surface area contributed by atoms with Crippen LogP contribution in [0.25, 0.3) is 0 Å². The van der Waals surface area contributed by atoms with Crippen molar-refractivity contribution in [3.05, 3.63) is 98.9 Å². The second-order valence-electron chi connectivity index (χ2n) is 8.31. The van der Waals surface area contributed by atoms with Crippen LogP contribution in [0.5, 0.6) is 5.75 Å². The van der Waals surface area contributed by atoms with Gasteiger partial charge in [-0.2, -0.15) is 0 Å². The van der Waals surface area contributed by atoms with E-state index in [1.165, 1.54) is 11.1 Å². The van der Waals surface area contributed by atoms with Gasteiger partial charge in [-0.15, -0.1) is 0 Å². The van der Waals surface area contributed by atoms with Gasteiger partial charge in [0, 0.05) is 18.3 Å². The third-order valence-corrected chi connectivity index (χ3v) is 6.30. The highest BCUT2D eigenvalue weighted by Gasteiger charge is 2.20. The highest BCUT2D eigenvalue weighted by atomic mass is 35.5. The molecule has 4 rings (SSSR count).